The van der Waals surface area contributed by atoms with Crippen LogP contribution >= 0.6 is 0 Å². The molecule has 0 unspecified atom stereocenters. The van der Waals surface area contributed by atoms with Crippen LogP contribution in [-0.4, -0.2) is 16.5 Å². The van der Waals surface area contributed by atoms with E-state index in [-0.39, 0.29) is 5.95 Å². The molecule has 0 atom stereocenters. The molecule has 0 spiro atoms. The van der Waals surface area contributed by atoms with E-state index in [0.717, 1.165) is 25.2 Å². The summed E-state index contributed by atoms with van der Waals surface area (Å²) < 4.78 is 0. The monoisotopic (exact) mass is 176 g/mol. The number of nitrogens with one attached hydrogen (secondary N) is 1. The molecule has 0 aliphatic heterocycles. The summed E-state index contributed by atoms with van der Waals surface area (Å²) in [7, 11) is 0. The minimum Gasteiger partial charge on any atom is -0.370 e. The fourth-order valence-electron chi connectivity index (χ4n) is 0.879. The predicted octanol–water partition coefficient (Wildman–Crippen LogP) is 0.884. The highest BCUT2D eigenvalue weighted by Crippen LogP contribution is 2.02. The molecular weight excluding hydrogens is 164 g/mol. The Morgan fingerprint density at radius 1 is 1.62 bits per heavy atom. The van der Waals surface area contributed by atoms with Crippen LogP contribution in [0.5, 0.6) is 0 Å². The zero-order valence-corrected chi connectivity index (χ0v) is 7.33. The fourth-order valence-corrected chi connectivity index (χ4v) is 0.879. The molecule has 3 N–H and O–H groups in total. The van der Waals surface area contributed by atoms with Crippen molar-refractivity contribution >= 4 is 11.8 Å². The van der Waals surface area contributed by atoms with Crippen LogP contribution in [0.3, 0.4) is 0 Å². The van der Waals surface area contributed by atoms with Gasteiger partial charge in [0.05, 0.1) is 0 Å². The molecule has 0 saturated heterocycles. The van der Waals surface area contributed by atoms with Gasteiger partial charge < -0.3 is 11.1 Å². The molecule has 68 valence electrons. The van der Waals surface area contributed by atoms with Gasteiger partial charge in [0, 0.05) is 19.2 Å². The summed E-state index contributed by atoms with van der Waals surface area (Å²) in [5.74, 6) is 3.59. The molecule has 0 aromatic carbocycles. The van der Waals surface area contributed by atoms with Crippen molar-refractivity contribution in [1.82, 2.24) is 9.97 Å². The van der Waals surface area contributed by atoms with Crippen molar-refractivity contribution < 1.29 is 0 Å². The van der Waals surface area contributed by atoms with Crippen LogP contribution in [0.25, 0.3) is 0 Å². The van der Waals surface area contributed by atoms with Crippen molar-refractivity contribution in [1.29, 1.82) is 0 Å². The van der Waals surface area contributed by atoms with Gasteiger partial charge >= 0.3 is 0 Å². The van der Waals surface area contributed by atoms with Gasteiger partial charge in [-0.2, -0.15) is 4.98 Å². The van der Waals surface area contributed by atoms with E-state index in [1.54, 1.807) is 12.3 Å². The molecule has 0 aliphatic rings. The lowest BCUT2D eigenvalue weighted by molar-refractivity contribution is 0.900. The Labute approximate surface area is 77.6 Å². The molecule has 0 fully saturated rings. The normalized spacial score (nSPS) is 9.15. The Hall–Kier alpha value is -1.76. The lowest BCUT2D eigenvalue weighted by atomic mass is 10.3. The van der Waals surface area contributed by atoms with E-state index in [2.05, 4.69) is 21.2 Å². The second-order valence-corrected chi connectivity index (χ2v) is 2.53. The molecule has 0 bridgehead atoms. The molecule has 1 heterocycles. The molecule has 1 rings (SSSR count). The first-order valence-electron chi connectivity index (χ1n) is 4.09. The second kappa shape index (κ2) is 4.99. The lowest BCUT2D eigenvalue weighted by Gasteiger charge is -2.03. The SMILES string of the molecule is C#CCCCNc1ccnc(N)n1. The highest BCUT2D eigenvalue weighted by atomic mass is 15.1. The fraction of sp³-hybridized carbons (Fsp3) is 0.333. The van der Waals surface area contributed by atoms with Gasteiger partial charge in [0.2, 0.25) is 5.95 Å². The van der Waals surface area contributed by atoms with E-state index in [0.29, 0.717) is 0 Å². The molecule has 1 aromatic rings. The van der Waals surface area contributed by atoms with E-state index < -0.39 is 0 Å². The summed E-state index contributed by atoms with van der Waals surface area (Å²) in [6.45, 7) is 0.806. The molecule has 0 saturated carbocycles. The number of nitrogens with zero attached hydrogens (tertiary/aromatic N) is 2. The van der Waals surface area contributed by atoms with Crippen LogP contribution in [0.15, 0.2) is 12.3 Å². The van der Waals surface area contributed by atoms with Crippen LogP contribution in [0.1, 0.15) is 12.8 Å². The first-order valence-corrected chi connectivity index (χ1v) is 4.09. The lowest BCUT2D eigenvalue weighted by Crippen LogP contribution is -2.04. The number of nitrogens with two attached hydrogens (primary N) is 1. The standard InChI is InChI=1S/C9H12N4/c1-2-3-4-6-11-8-5-7-12-9(10)13-8/h1,5,7H,3-4,6H2,(H3,10,11,12,13). The van der Waals surface area contributed by atoms with E-state index in [4.69, 9.17) is 12.2 Å². The van der Waals surface area contributed by atoms with E-state index in [1.165, 1.54) is 0 Å². The van der Waals surface area contributed by atoms with Crippen LogP contribution in [0.4, 0.5) is 11.8 Å². The number of hydrogen-bond donors (Lipinski definition) is 2. The molecule has 4 nitrogen and oxygen atoms in total. The molecule has 0 radical (unpaired) electrons. The van der Waals surface area contributed by atoms with Gasteiger partial charge in [0.1, 0.15) is 5.82 Å². The van der Waals surface area contributed by atoms with Crippen LogP contribution in [-0.2, 0) is 0 Å². The minimum atomic E-state index is 0.280. The summed E-state index contributed by atoms with van der Waals surface area (Å²) >= 11 is 0. The second-order valence-electron chi connectivity index (χ2n) is 2.53. The number of aromatic nitrogens is 2. The van der Waals surface area contributed by atoms with E-state index >= 15 is 0 Å². The van der Waals surface area contributed by atoms with Gasteiger partial charge in [0.25, 0.3) is 0 Å². The van der Waals surface area contributed by atoms with Gasteiger partial charge in [0.15, 0.2) is 0 Å². The predicted molar refractivity (Wildman–Crippen MR) is 53.0 cm³/mol. The number of hydrogen-bond acceptors (Lipinski definition) is 4. The summed E-state index contributed by atoms with van der Waals surface area (Å²) in [6, 6.07) is 1.77. The Morgan fingerprint density at radius 2 is 2.46 bits per heavy atom. The van der Waals surface area contributed by atoms with Gasteiger partial charge in [-0.25, -0.2) is 4.98 Å². The summed E-state index contributed by atoms with van der Waals surface area (Å²) in [5, 5.41) is 3.09. The van der Waals surface area contributed by atoms with Crippen molar-refractivity contribution in [3.8, 4) is 12.3 Å². The molecule has 13 heavy (non-hydrogen) atoms. The number of anilines is 2. The zero-order chi connectivity index (χ0) is 9.52. The molecular formula is C9H12N4. The first-order chi connectivity index (χ1) is 6.33. The summed E-state index contributed by atoms with van der Waals surface area (Å²) in [4.78, 5) is 7.75. The van der Waals surface area contributed by atoms with Crippen LogP contribution < -0.4 is 11.1 Å². The Bertz CT molecular complexity index is 303. The first kappa shape index (κ1) is 9.33. The maximum Gasteiger partial charge on any atom is 0.221 e. The third-order valence-electron chi connectivity index (χ3n) is 1.48. The van der Waals surface area contributed by atoms with Crippen molar-refractivity contribution in [2.24, 2.45) is 0 Å². The average molecular weight is 176 g/mol. The van der Waals surface area contributed by atoms with Gasteiger partial charge in [-0.05, 0) is 12.5 Å². The zero-order valence-electron chi connectivity index (χ0n) is 7.33. The Morgan fingerprint density at radius 3 is 3.15 bits per heavy atom. The van der Waals surface area contributed by atoms with Crippen LogP contribution in [0, 0.1) is 12.3 Å². The maximum absolute atomic E-state index is 5.39. The minimum absolute atomic E-state index is 0.280. The summed E-state index contributed by atoms with van der Waals surface area (Å²) in [5.41, 5.74) is 5.39. The Kier molecular flexibility index (Phi) is 3.58. The number of terminal acetylenes is 1. The molecule has 0 amide bonds. The topological polar surface area (TPSA) is 63.8 Å². The molecule has 0 aliphatic carbocycles. The van der Waals surface area contributed by atoms with Gasteiger partial charge in [-0.15, -0.1) is 12.3 Å². The highest BCUT2D eigenvalue weighted by molar-refractivity contribution is 5.37. The highest BCUT2D eigenvalue weighted by Gasteiger charge is 1.93. The largest absolute Gasteiger partial charge is 0.370 e. The number of rotatable bonds is 4. The van der Waals surface area contributed by atoms with Gasteiger partial charge in [-0.3, -0.25) is 0 Å². The average Bonchev–Trinajstić information content (AvgIpc) is 2.13. The van der Waals surface area contributed by atoms with Crippen molar-refractivity contribution in [3.05, 3.63) is 12.3 Å². The summed E-state index contributed by atoms with van der Waals surface area (Å²) in [6.07, 6.45) is 8.43. The number of nitrogen functional groups attached to an aromatic ring is 1. The molecule has 1 aromatic heterocycles. The Balaban J connectivity index is 2.33. The van der Waals surface area contributed by atoms with Crippen molar-refractivity contribution in [2.75, 3.05) is 17.6 Å². The number of unbranched alkanes of at least 4 members (excludes halogenated alkanes) is 1. The molecule has 4 heteroatoms. The van der Waals surface area contributed by atoms with E-state index in [1.807, 2.05) is 0 Å². The van der Waals surface area contributed by atoms with Crippen molar-refractivity contribution in [3.63, 3.8) is 0 Å². The third kappa shape index (κ3) is 3.43. The van der Waals surface area contributed by atoms with E-state index in [9.17, 15) is 0 Å². The van der Waals surface area contributed by atoms with Crippen molar-refractivity contribution in [2.45, 2.75) is 12.8 Å². The van der Waals surface area contributed by atoms with Crippen LogP contribution in [0.2, 0.25) is 0 Å². The third-order valence-corrected chi connectivity index (χ3v) is 1.48. The quantitative estimate of drug-likeness (QED) is 0.528. The maximum atomic E-state index is 5.39. The smallest absolute Gasteiger partial charge is 0.221 e. The van der Waals surface area contributed by atoms with Gasteiger partial charge in [-0.1, -0.05) is 0 Å².